The Morgan fingerprint density at radius 1 is 1.25 bits per heavy atom. The topological polar surface area (TPSA) is 105 Å². The Labute approximate surface area is 168 Å². The summed E-state index contributed by atoms with van der Waals surface area (Å²) in [6, 6.07) is 1.43. The second kappa shape index (κ2) is 7.92. The Hall–Kier alpha value is -2.39. The number of hydrogen-bond donors (Lipinski definition) is 0. The van der Waals surface area contributed by atoms with Gasteiger partial charge < -0.3 is 9.47 Å². The van der Waals surface area contributed by atoms with Crippen molar-refractivity contribution < 1.29 is 27.5 Å². The molecule has 0 saturated heterocycles. The fourth-order valence-corrected chi connectivity index (χ4v) is 4.70. The van der Waals surface area contributed by atoms with Gasteiger partial charge in [-0.2, -0.15) is 5.10 Å². The summed E-state index contributed by atoms with van der Waals surface area (Å²) in [5.41, 5.74) is 1.16. The van der Waals surface area contributed by atoms with Crippen molar-refractivity contribution in [2.24, 2.45) is 7.05 Å². The zero-order chi connectivity index (χ0) is 21.4. The van der Waals surface area contributed by atoms with Gasteiger partial charge >= 0.3 is 6.16 Å². The fraction of sp³-hybridized carbons (Fsp3) is 0.389. The summed E-state index contributed by atoms with van der Waals surface area (Å²) in [5, 5.41) is 4.14. The van der Waals surface area contributed by atoms with E-state index in [0.717, 1.165) is 7.11 Å². The van der Waals surface area contributed by atoms with Gasteiger partial charge in [-0.1, -0.05) is 18.5 Å². The van der Waals surface area contributed by atoms with Gasteiger partial charge in [-0.15, -0.1) is 0 Å². The Bertz CT molecular complexity index is 1070. The predicted octanol–water partition coefficient (Wildman–Crippen LogP) is 3.17. The smallest absolute Gasteiger partial charge is 0.437 e. The van der Waals surface area contributed by atoms with E-state index in [4.69, 9.17) is 16.3 Å². The van der Waals surface area contributed by atoms with Crippen LogP contribution in [0.3, 0.4) is 0 Å². The van der Waals surface area contributed by atoms with Gasteiger partial charge in [0.25, 0.3) is 0 Å². The van der Waals surface area contributed by atoms with Crippen molar-refractivity contribution in [1.29, 1.82) is 0 Å². The summed E-state index contributed by atoms with van der Waals surface area (Å²) < 4.78 is 35.6. The first-order valence-corrected chi connectivity index (χ1v) is 10.4. The molecule has 152 valence electrons. The molecule has 1 aromatic carbocycles. The van der Waals surface area contributed by atoms with Gasteiger partial charge in [0.15, 0.2) is 9.84 Å². The Morgan fingerprint density at radius 3 is 2.39 bits per heavy atom. The molecule has 28 heavy (non-hydrogen) atoms. The van der Waals surface area contributed by atoms with Crippen LogP contribution < -0.4 is 4.74 Å². The van der Waals surface area contributed by atoms with Gasteiger partial charge in [-0.3, -0.25) is 4.79 Å². The first-order valence-electron chi connectivity index (χ1n) is 8.32. The van der Waals surface area contributed by atoms with E-state index in [9.17, 15) is 18.0 Å². The molecular weight excluding hydrogens is 408 g/mol. The molecule has 0 radical (unpaired) electrons. The summed E-state index contributed by atoms with van der Waals surface area (Å²) in [6.45, 7) is 6.28. The molecule has 2 aromatic rings. The fourth-order valence-electron chi connectivity index (χ4n) is 3.00. The van der Waals surface area contributed by atoms with E-state index in [0.29, 0.717) is 16.8 Å². The van der Waals surface area contributed by atoms with Crippen molar-refractivity contribution in [3.8, 4) is 5.88 Å². The number of rotatable bonds is 5. The van der Waals surface area contributed by atoms with Crippen LogP contribution in [0.4, 0.5) is 4.79 Å². The van der Waals surface area contributed by atoms with E-state index < -0.39 is 21.8 Å². The number of methoxy groups -OCH3 is 1. The maximum absolute atomic E-state index is 13.2. The second-order valence-corrected chi connectivity index (χ2v) is 8.78. The van der Waals surface area contributed by atoms with Gasteiger partial charge in [-0.25, -0.2) is 17.9 Å². The molecular formula is C18H21ClN2O6S. The molecule has 0 bridgehead atoms. The molecule has 0 amide bonds. The third kappa shape index (κ3) is 3.77. The molecule has 2 rings (SSSR count). The van der Waals surface area contributed by atoms with Gasteiger partial charge in [-0.05, 0) is 38.0 Å². The minimum Gasteiger partial charge on any atom is -0.437 e. The normalized spacial score (nSPS) is 11.4. The number of ether oxygens (including phenoxy) is 2. The SMILES string of the molecule is CCS(=O)(=O)c1c(C)cc(C(=O)c2c(C)nn(C)c2OC(=O)OC)c(Cl)c1C. The minimum atomic E-state index is -3.52. The molecule has 10 heteroatoms. The molecule has 0 aliphatic rings. The van der Waals surface area contributed by atoms with Gasteiger partial charge in [0.1, 0.15) is 5.56 Å². The number of aromatic nitrogens is 2. The van der Waals surface area contributed by atoms with Crippen LogP contribution in [0.2, 0.25) is 5.02 Å². The lowest BCUT2D eigenvalue weighted by Gasteiger charge is -2.15. The summed E-state index contributed by atoms with van der Waals surface area (Å²) in [4.78, 5) is 24.9. The Balaban J connectivity index is 2.69. The largest absolute Gasteiger partial charge is 0.514 e. The lowest BCUT2D eigenvalue weighted by molar-refractivity contribution is 0.102. The molecule has 0 saturated carbocycles. The van der Waals surface area contributed by atoms with Crippen LogP contribution in [-0.2, 0) is 21.6 Å². The number of benzene rings is 1. The monoisotopic (exact) mass is 428 g/mol. The average Bonchev–Trinajstić information content (AvgIpc) is 2.90. The molecule has 1 aromatic heterocycles. The van der Waals surface area contributed by atoms with E-state index in [2.05, 4.69) is 9.84 Å². The Kier molecular flexibility index (Phi) is 6.20. The number of ketones is 1. The number of carbonyl (C=O) groups excluding carboxylic acids is 2. The number of carbonyl (C=O) groups is 2. The molecule has 0 N–H and O–H groups in total. The number of halogens is 1. The molecule has 0 aliphatic heterocycles. The third-order valence-electron chi connectivity index (χ3n) is 4.30. The molecule has 8 nitrogen and oxygen atoms in total. The predicted molar refractivity (Wildman–Crippen MR) is 103 cm³/mol. The lowest BCUT2D eigenvalue weighted by atomic mass is 9.99. The van der Waals surface area contributed by atoms with Crippen molar-refractivity contribution in [2.75, 3.05) is 12.9 Å². The Morgan fingerprint density at radius 2 is 1.86 bits per heavy atom. The van der Waals surface area contributed by atoms with E-state index in [1.54, 1.807) is 20.8 Å². The highest BCUT2D eigenvalue weighted by Gasteiger charge is 2.29. The third-order valence-corrected chi connectivity index (χ3v) is 6.80. The van der Waals surface area contributed by atoms with Crippen molar-refractivity contribution in [2.45, 2.75) is 32.6 Å². The maximum atomic E-state index is 13.2. The van der Waals surface area contributed by atoms with Crippen LogP contribution in [0.1, 0.15) is 39.7 Å². The van der Waals surface area contributed by atoms with Crippen LogP contribution in [-0.4, -0.2) is 43.0 Å². The quantitative estimate of drug-likeness (QED) is 0.532. The van der Waals surface area contributed by atoms with Crippen LogP contribution in [0.15, 0.2) is 11.0 Å². The molecule has 1 heterocycles. The lowest BCUT2D eigenvalue weighted by Crippen LogP contribution is -2.15. The van der Waals surface area contributed by atoms with E-state index in [1.165, 1.54) is 24.7 Å². The molecule has 0 spiro atoms. The average molecular weight is 429 g/mol. The van der Waals surface area contributed by atoms with Crippen LogP contribution in [0, 0.1) is 20.8 Å². The second-order valence-electron chi connectivity index (χ2n) is 6.19. The highest BCUT2D eigenvalue weighted by Crippen LogP contribution is 2.34. The standard InChI is InChI=1S/C18H21ClN2O6S/c1-7-28(24,25)16-9(2)8-12(14(19)10(16)3)15(22)13-11(4)20-21(5)17(13)27-18(23)26-6/h8H,7H2,1-6H3. The van der Waals surface area contributed by atoms with Gasteiger partial charge in [0.2, 0.25) is 11.7 Å². The van der Waals surface area contributed by atoms with Crippen LogP contribution in [0.5, 0.6) is 5.88 Å². The van der Waals surface area contributed by atoms with Crippen LogP contribution >= 0.6 is 11.6 Å². The summed E-state index contributed by atoms with van der Waals surface area (Å²) in [6.07, 6.45) is -1.00. The summed E-state index contributed by atoms with van der Waals surface area (Å²) >= 11 is 6.38. The van der Waals surface area contributed by atoms with Crippen molar-refractivity contribution in [3.05, 3.63) is 39.0 Å². The zero-order valence-corrected chi connectivity index (χ0v) is 18.0. The highest BCUT2D eigenvalue weighted by molar-refractivity contribution is 7.91. The molecule has 0 fully saturated rings. The number of nitrogens with zero attached hydrogens (tertiary/aromatic N) is 2. The zero-order valence-electron chi connectivity index (χ0n) is 16.4. The maximum Gasteiger partial charge on any atom is 0.514 e. The van der Waals surface area contributed by atoms with E-state index in [-0.39, 0.29) is 32.7 Å². The molecule has 0 atom stereocenters. The summed E-state index contributed by atoms with van der Waals surface area (Å²) in [7, 11) is -0.865. The van der Waals surface area contributed by atoms with Gasteiger partial charge in [0.05, 0.1) is 28.5 Å². The first-order chi connectivity index (χ1) is 13.0. The van der Waals surface area contributed by atoms with Crippen molar-refractivity contribution in [3.63, 3.8) is 0 Å². The van der Waals surface area contributed by atoms with E-state index >= 15 is 0 Å². The number of hydrogen-bond acceptors (Lipinski definition) is 7. The summed E-state index contributed by atoms with van der Waals surface area (Å²) in [5.74, 6) is -0.718. The number of sulfone groups is 1. The molecule has 0 aliphatic carbocycles. The highest BCUT2D eigenvalue weighted by atomic mass is 35.5. The molecule has 0 unspecified atom stereocenters. The van der Waals surface area contributed by atoms with E-state index in [1.807, 2.05) is 0 Å². The number of aryl methyl sites for hydroxylation is 3. The van der Waals surface area contributed by atoms with Crippen molar-refractivity contribution >= 4 is 33.4 Å². The first kappa shape index (κ1) is 21.9. The van der Waals surface area contributed by atoms with Gasteiger partial charge in [0, 0.05) is 12.6 Å². The minimum absolute atomic E-state index is 0.0231. The van der Waals surface area contributed by atoms with Crippen molar-refractivity contribution in [1.82, 2.24) is 9.78 Å². The van der Waals surface area contributed by atoms with Crippen LogP contribution in [0.25, 0.3) is 0 Å².